The van der Waals surface area contributed by atoms with Gasteiger partial charge in [0.15, 0.2) is 0 Å². The fourth-order valence-electron chi connectivity index (χ4n) is 1.78. The highest BCUT2D eigenvalue weighted by atomic mass is 32.1. The van der Waals surface area contributed by atoms with Gasteiger partial charge in [0.2, 0.25) is 0 Å². The number of hydrogen-bond acceptors (Lipinski definition) is 4. The summed E-state index contributed by atoms with van der Waals surface area (Å²) in [6, 6.07) is 10.6. The summed E-state index contributed by atoms with van der Waals surface area (Å²) in [7, 11) is 0. The third-order valence-electron chi connectivity index (χ3n) is 3.06. The normalized spacial score (nSPS) is 12.5. The third-order valence-corrected chi connectivity index (χ3v) is 4.00. The van der Waals surface area contributed by atoms with E-state index in [1.807, 2.05) is 18.2 Å². The molecule has 2 aromatic rings. The van der Waals surface area contributed by atoms with Gasteiger partial charge in [0.1, 0.15) is 5.01 Å². The van der Waals surface area contributed by atoms with Crippen molar-refractivity contribution in [1.82, 2.24) is 10.3 Å². The molecule has 0 saturated heterocycles. The van der Waals surface area contributed by atoms with Crippen molar-refractivity contribution in [2.45, 2.75) is 25.8 Å². The maximum atomic E-state index is 5.86. The molecule has 0 aliphatic rings. The number of thiazole rings is 1. The Bertz CT molecular complexity index is 481. The summed E-state index contributed by atoms with van der Waals surface area (Å²) in [5.74, 6) is 0. The molecule has 0 amide bonds. The molecule has 1 aromatic carbocycles. The van der Waals surface area contributed by atoms with E-state index in [0.717, 1.165) is 36.6 Å². The minimum Gasteiger partial charge on any atom is -0.327 e. The summed E-state index contributed by atoms with van der Waals surface area (Å²) < 4.78 is 0. The highest BCUT2D eigenvalue weighted by Gasteiger charge is 2.04. The first kappa shape index (κ1) is 14.2. The third kappa shape index (κ3) is 4.42. The fraction of sp³-hybridized carbons (Fsp3) is 0.400. The van der Waals surface area contributed by atoms with Crippen LogP contribution in [0.1, 0.15) is 19.0 Å². The van der Waals surface area contributed by atoms with E-state index in [9.17, 15) is 0 Å². The van der Waals surface area contributed by atoms with E-state index in [4.69, 9.17) is 5.73 Å². The van der Waals surface area contributed by atoms with Gasteiger partial charge in [-0.25, -0.2) is 4.98 Å². The molecule has 0 radical (unpaired) electrons. The van der Waals surface area contributed by atoms with Crippen molar-refractivity contribution >= 4 is 11.3 Å². The van der Waals surface area contributed by atoms with Gasteiger partial charge in [-0.05, 0) is 6.42 Å². The molecule has 19 heavy (non-hydrogen) atoms. The minimum absolute atomic E-state index is 0.260. The van der Waals surface area contributed by atoms with Crippen LogP contribution in [0.3, 0.4) is 0 Å². The Hall–Kier alpha value is -1.23. The molecule has 1 heterocycles. The van der Waals surface area contributed by atoms with Crippen molar-refractivity contribution in [1.29, 1.82) is 0 Å². The molecule has 0 spiro atoms. The average Bonchev–Trinajstić information content (AvgIpc) is 2.93. The molecule has 2 rings (SSSR count). The van der Waals surface area contributed by atoms with E-state index >= 15 is 0 Å². The van der Waals surface area contributed by atoms with Gasteiger partial charge < -0.3 is 11.1 Å². The zero-order valence-electron chi connectivity index (χ0n) is 11.3. The number of aromatic nitrogens is 1. The first-order valence-corrected chi connectivity index (χ1v) is 7.63. The molecule has 0 aliphatic carbocycles. The van der Waals surface area contributed by atoms with E-state index in [-0.39, 0.29) is 6.04 Å². The molecule has 1 unspecified atom stereocenters. The van der Waals surface area contributed by atoms with Crippen LogP contribution in [0.5, 0.6) is 0 Å². The van der Waals surface area contributed by atoms with Crippen LogP contribution in [-0.4, -0.2) is 24.1 Å². The SMILES string of the molecule is CCC(N)CNCCc1csc(-c2ccccc2)n1. The standard InChI is InChI=1S/C15H21N3S/c1-2-13(16)10-17-9-8-14-11-19-15(18-14)12-6-4-3-5-7-12/h3-7,11,13,17H,2,8-10,16H2,1H3. The summed E-state index contributed by atoms with van der Waals surface area (Å²) >= 11 is 1.71. The number of hydrogen-bond donors (Lipinski definition) is 2. The van der Waals surface area contributed by atoms with Gasteiger partial charge in [-0.2, -0.15) is 0 Å². The Morgan fingerprint density at radius 3 is 2.84 bits per heavy atom. The molecular formula is C15H21N3S. The summed E-state index contributed by atoms with van der Waals surface area (Å²) in [6.07, 6.45) is 1.97. The Morgan fingerprint density at radius 1 is 1.32 bits per heavy atom. The molecule has 3 nitrogen and oxygen atoms in total. The van der Waals surface area contributed by atoms with Gasteiger partial charge in [0.25, 0.3) is 0 Å². The lowest BCUT2D eigenvalue weighted by Crippen LogP contribution is -2.34. The molecule has 102 valence electrons. The van der Waals surface area contributed by atoms with E-state index < -0.39 is 0 Å². The van der Waals surface area contributed by atoms with Crippen LogP contribution < -0.4 is 11.1 Å². The van der Waals surface area contributed by atoms with E-state index in [0.29, 0.717) is 0 Å². The molecule has 0 fully saturated rings. The molecular weight excluding hydrogens is 254 g/mol. The summed E-state index contributed by atoms with van der Waals surface area (Å²) in [5, 5.41) is 6.61. The number of nitrogens with one attached hydrogen (secondary N) is 1. The first-order chi connectivity index (χ1) is 9.29. The predicted molar refractivity (Wildman–Crippen MR) is 82.4 cm³/mol. The second-order valence-electron chi connectivity index (χ2n) is 4.63. The first-order valence-electron chi connectivity index (χ1n) is 6.75. The smallest absolute Gasteiger partial charge is 0.123 e. The number of nitrogens with two attached hydrogens (primary N) is 1. The van der Waals surface area contributed by atoms with E-state index in [1.165, 1.54) is 5.56 Å². The molecule has 3 N–H and O–H groups in total. The summed E-state index contributed by atoms with van der Waals surface area (Å²) in [6.45, 7) is 3.93. The van der Waals surface area contributed by atoms with Gasteiger partial charge in [0.05, 0.1) is 5.69 Å². The maximum Gasteiger partial charge on any atom is 0.123 e. The second-order valence-corrected chi connectivity index (χ2v) is 5.49. The fourth-order valence-corrected chi connectivity index (χ4v) is 2.64. The van der Waals surface area contributed by atoms with Crippen molar-refractivity contribution in [3.63, 3.8) is 0 Å². The Balaban J connectivity index is 1.82. The quantitative estimate of drug-likeness (QED) is 0.764. The lowest BCUT2D eigenvalue weighted by Gasteiger charge is -2.09. The summed E-state index contributed by atoms with van der Waals surface area (Å²) in [5.41, 5.74) is 8.20. The minimum atomic E-state index is 0.260. The molecule has 0 bridgehead atoms. The van der Waals surface area contributed by atoms with Gasteiger partial charge in [-0.15, -0.1) is 11.3 Å². The van der Waals surface area contributed by atoms with Crippen LogP contribution in [0.2, 0.25) is 0 Å². The van der Waals surface area contributed by atoms with Crippen molar-refractivity contribution in [2.75, 3.05) is 13.1 Å². The van der Waals surface area contributed by atoms with Gasteiger partial charge in [-0.1, -0.05) is 37.3 Å². The highest BCUT2D eigenvalue weighted by Crippen LogP contribution is 2.23. The number of nitrogens with zero attached hydrogens (tertiary/aromatic N) is 1. The van der Waals surface area contributed by atoms with Gasteiger partial charge in [0, 0.05) is 36.5 Å². The topological polar surface area (TPSA) is 50.9 Å². The lowest BCUT2D eigenvalue weighted by molar-refractivity contribution is 0.563. The van der Waals surface area contributed by atoms with Crippen molar-refractivity contribution in [3.8, 4) is 10.6 Å². The number of benzene rings is 1. The Morgan fingerprint density at radius 2 is 2.11 bits per heavy atom. The second kappa shape index (κ2) is 7.38. The summed E-state index contributed by atoms with van der Waals surface area (Å²) in [4.78, 5) is 4.66. The Kier molecular flexibility index (Phi) is 5.51. The van der Waals surface area contributed by atoms with Gasteiger partial charge >= 0.3 is 0 Å². The monoisotopic (exact) mass is 275 g/mol. The largest absolute Gasteiger partial charge is 0.327 e. The highest BCUT2D eigenvalue weighted by molar-refractivity contribution is 7.13. The van der Waals surface area contributed by atoms with Gasteiger partial charge in [-0.3, -0.25) is 0 Å². The van der Waals surface area contributed by atoms with Crippen LogP contribution in [0.25, 0.3) is 10.6 Å². The zero-order chi connectivity index (χ0) is 13.5. The number of rotatable bonds is 7. The average molecular weight is 275 g/mol. The zero-order valence-corrected chi connectivity index (χ0v) is 12.1. The van der Waals surface area contributed by atoms with Crippen LogP contribution in [0.15, 0.2) is 35.7 Å². The van der Waals surface area contributed by atoms with E-state index in [2.05, 4.69) is 34.7 Å². The van der Waals surface area contributed by atoms with Crippen molar-refractivity contribution in [3.05, 3.63) is 41.4 Å². The van der Waals surface area contributed by atoms with Crippen LogP contribution in [0, 0.1) is 0 Å². The predicted octanol–water partition coefficient (Wildman–Crippen LogP) is 2.68. The Labute approximate surface area is 118 Å². The van der Waals surface area contributed by atoms with Crippen molar-refractivity contribution in [2.24, 2.45) is 5.73 Å². The molecule has 0 aliphatic heterocycles. The molecule has 1 aromatic heterocycles. The van der Waals surface area contributed by atoms with Crippen LogP contribution in [-0.2, 0) is 6.42 Å². The maximum absolute atomic E-state index is 5.86. The molecule has 0 saturated carbocycles. The molecule has 1 atom stereocenters. The van der Waals surface area contributed by atoms with Crippen LogP contribution >= 0.6 is 11.3 Å². The van der Waals surface area contributed by atoms with Crippen molar-refractivity contribution < 1.29 is 0 Å². The lowest BCUT2D eigenvalue weighted by atomic mass is 10.2. The van der Waals surface area contributed by atoms with Crippen LogP contribution in [0.4, 0.5) is 0 Å². The van der Waals surface area contributed by atoms with E-state index in [1.54, 1.807) is 11.3 Å². The molecule has 4 heteroatoms.